The smallest absolute Gasteiger partial charge is 0.335 e. The van der Waals surface area contributed by atoms with Crippen molar-refractivity contribution in [3.8, 4) is 11.5 Å². The van der Waals surface area contributed by atoms with Crippen molar-refractivity contribution in [2.45, 2.75) is 0 Å². The van der Waals surface area contributed by atoms with Crippen molar-refractivity contribution in [1.82, 2.24) is 0 Å². The quantitative estimate of drug-likeness (QED) is 0.715. The van der Waals surface area contributed by atoms with Crippen LogP contribution in [0.1, 0.15) is 20.7 Å². The van der Waals surface area contributed by atoms with Crippen LogP contribution in [0.5, 0.6) is 11.5 Å². The molecule has 8 heteroatoms. The predicted molar refractivity (Wildman–Crippen MR) is 76.0 cm³/mol. The summed E-state index contributed by atoms with van der Waals surface area (Å²) in [6, 6.07) is 7.25. The maximum absolute atomic E-state index is 12.7. The van der Waals surface area contributed by atoms with Gasteiger partial charge in [-0.3, -0.25) is 4.57 Å². The third-order valence-electron chi connectivity index (χ3n) is 3.28. The van der Waals surface area contributed by atoms with Gasteiger partial charge in [0.05, 0.1) is 21.7 Å². The number of carbonyl (C=O) groups is 2. The first-order chi connectivity index (χ1) is 10.3. The van der Waals surface area contributed by atoms with Crippen LogP contribution in [0.15, 0.2) is 36.4 Å². The molecule has 3 rings (SSSR count). The summed E-state index contributed by atoms with van der Waals surface area (Å²) in [5.74, 6) is -2.33. The van der Waals surface area contributed by atoms with Gasteiger partial charge in [-0.05, 0) is 36.4 Å². The van der Waals surface area contributed by atoms with Crippen molar-refractivity contribution < 1.29 is 34.0 Å². The molecule has 1 heterocycles. The largest absolute Gasteiger partial charge is 0.478 e. The van der Waals surface area contributed by atoms with Gasteiger partial charge in [0.15, 0.2) is 0 Å². The zero-order valence-corrected chi connectivity index (χ0v) is 11.8. The molecule has 0 spiro atoms. The molecule has 0 radical (unpaired) electrons. The summed E-state index contributed by atoms with van der Waals surface area (Å²) in [6.45, 7) is 0. The fraction of sp³-hybridized carbons (Fsp3) is 0. The van der Waals surface area contributed by atoms with Crippen molar-refractivity contribution >= 4 is 29.9 Å². The molecular weight excluding hydrogens is 311 g/mol. The maximum atomic E-state index is 12.7. The minimum Gasteiger partial charge on any atom is -0.478 e. The summed E-state index contributed by atoms with van der Waals surface area (Å²) >= 11 is 0. The average Bonchev–Trinajstić information content (AvgIpc) is 2.46. The van der Waals surface area contributed by atoms with Crippen molar-refractivity contribution in [2.24, 2.45) is 0 Å². The van der Waals surface area contributed by atoms with Crippen molar-refractivity contribution in [2.75, 3.05) is 0 Å². The number of fused-ring (bicyclic) bond motifs is 2. The van der Waals surface area contributed by atoms with Crippen molar-refractivity contribution in [3.05, 3.63) is 47.5 Å². The molecule has 1 aliphatic heterocycles. The lowest BCUT2D eigenvalue weighted by atomic mass is 10.2. The zero-order chi connectivity index (χ0) is 16.1. The van der Waals surface area contributed by atoms with E-state index in [1.165, 1.54) is 24.3 Å². The highest BCUT2D eigenvalue weighted by molar-refractivity contribution is 7.74. The molecule has 0 saturated carbocycles. The van der Waals surface area contributed by atoms with Crippen molar-refractivity contribution in [3.63, 3.8) is 0 Å². The second kappa shape index (κ2) is 4.69. The van der Waals surface area contributed by atoms with Gasteiger partial charge in [-0.15, -0.1) is 0 Å². The summed E-state index contributed by atoms with van der Waals surface area (Å²) in [7, 11) is -4.15. The first-order valence-corrected chi connectivity index (χ1v) is 7.73. The monoisotopic (exact) mass is 320 g/mol. The second-order valence-corrected chi connectivity index (χ2v) is 6.77. The lowest BCUT2D eigenvalue weighted by Crippen LogP contribution is -2.25. The van der Waals surface area contributed by atoms with Gasteiger partial charge in [0.1, 0.15) is 11.5 Å². The molecule has 0 unspecified atom stereocenters. The number of benzene rings is 2. The Hall–Kier alpha value is -2.63. The third-order valence-corrected chi connectivity index (χ3v) is 5.29. The molecule has 0 atom stereocenters. The van der Waals surface area contributed by atoms with Gasteiger partial charge >= 0.3 is 11.9 Å². The van der Waals surface area contributed by atoms with E-state index in [2.05, 4.69) is 0 Å². The molecule has 0 bridgehead atoms. The number of ether oxygens (including phenoxy) is 1. The fourth-order valence-electron chi connectivity index (χ4n) is 2.20. The van der Waals surface area contributed by atoms with Gasteiger partial charge in [-0.1, -0.05) is 0 Å². The third kappa shape index (κ3) is 2.07. The number of hydrogen-bond donors (Lipinski definition) is 3. The Morgan fingerprint density at radius 2 is 1.27 bits per heavy atom. The molecule has 2 aromatic rings. The number of carboxylic acid groups (broad SMARTS) is 2. The van der Waals surface area contributed by atoms with Gasteiger partial charge in [0.25, 0.3) is 7.37 Å². The van der Waals surface area contributed by atoms with Crippen molar-refractivity contribution in [1.29, 1.82) is 0 Å². The minimum absolute atomic E-state index is 0.0754. The molecule has 0 aromatic heterocycles. The Kier molecular flexibility index (Phi) is 3.05. The number of aromatic carboxylic acids is 2. The summed E-state index contributed by atoms with van der Waals surface area (Å²) in [4.78, 5) is 32.4. The van der Waals surface area contributed by atoms with Gasteiger partial charge in [-0.2, -0.15) is 0 Å². The Labute approximate surface area is 123 Å². The van der Waals surface area contributed by atoms with Crippen LogP contribution >= 0.6 is 7.37 Å². The summed E-state index contributed by atoms with van der Waals surface area (Å²) in [6.07, 6.45) is 0. The van der Waals surface area contributed by atoms with Crippen LogP contribution in [-0.2, 0) is 4.57 Å². The maximum Gasteiger partial charge on any atom is 0.335 e. The number of rotatable bonds is 2. The summed E-state index contributed by atoms with van der Waals surface area (Å²) < 4.78 is 18.2. The summed E-state index contributed by atoms with van der Waals surface area (Å²) in [5, 5.41) is 17.6. The lowest BCUT2D eigenvalue weighted by Gasteiger charge is -2.25. The molecule has 112 valence electrons. The lowest BCUT2D eigenvalue weighted by molar-refractivity contribution is 0.0686. The van der Waals surface area contributed by atoms with Crippen LogP contribution in [-0.4, -0.2) is 27.0 Å². The predicted octanol–water partition coefficient (Wildman–Crippen LogP) is 1.41. The normalized spacial score (nSPS) is 14.4. The minimum atomic E-state index is -4.15. The highest BCUT2D eigenvalue weighted by atomic mass is 31.2. The molecule has 0 aliphatic carbocycles. The van der Waals surface area contributed by atoms with E-state index in [4.69, 9.17) is 14.9 Å². The van der Waals surface area contributed by atoms with E-state index in [1.54, 1.807) is 0 Å². The van der Waals surface area contributed by atoms with Gasteiger partial charge in [0, 0.05) is 0 Å². The van der Waals surface area contributed by atoms with Gasteiger partial charge in [0.2, 0.25) is 0 Å². The molecule has 2 aromatic carbocycles. The molecule has 22 heavy (non-hydrogen) atoms. The van der Waals surface area contributed by atoms with Crippen LogP contribution in [0.3, 0.4) is 0 Å². The van der Waals surface area contributed by atoms with Gasteiger partial charge < -0.3 is 19.8 Å². The van der Waals surface area contributed by atoms with E-state index in [-0.39, 0.29) is 33.2 Å². The second-order valence-electron chi connectivity index (χ2n) is 4.65. The van der Waals surface area contributed by atoms with E-state index >= 15 is 0 Å². The molecule has 7 nitrogen and oxygen atoms in total. The fourth-order valence-corrected chi connectivity index (χ4v) is 3.92. The van der Waals surface area contributed by atoms with E-state index in [1.807, 2.05) is 0 Å². The van der Waals surface area contributed by atoms with Crippen LogP contribution in [0, 0.1) is 0 Å². The standard InChI is InChI=1S/C14H9O7P/c15-13(16)7-1-3-9-11(5-7)22(19,20)12-6-8(14(17)18)2-4-10(12)21-9/h1-6H,(H,15,16)(H,17,18)(H,19,20). The highest BCUT2D eigenvalue weighted by Gasteiger charge is 2.37. The molecule has 3 N–H and O–H groups in total. The Morgan fingerprint density at radius 1 is 0.864 bits per heavy atom. The van der Waals surface area contributed by atoms with Gasteiger partial charge in [-0.25, -0.2) is 9.59 Å². The van der Waals surface area contributed by atoms with Crippen LogP contribution in [0.2, 0.25) is 0 Å². The Balaban J connectivity index is 2.23. The van der Waals surface area contributed by atoms with E-state index in [0.717, 1.165) is 12.1 Å². The molecular formula is C14H9O7P. The van der Waals surface area contributed by atoms with E-state index in [9.17, 15) is 19.0 Å². The SMILES string of the molecule is O=C(O)c1ccc2c(c1)P(=O)(O)c1cc(C(=O)O)ccc1O2. The first kappa shape index (κ1) is 14.3. The molecule has 1 aliphatic rings. The Morgan fingerprint density at radius 3 is 1.64 bits per heavy atom. The highest BCUT2D eigenvalue weighted by Crippen LogP contribution is 2.49. The van der Waals surface area contributed by atoms with Crippen LogP contribution in [0.25, 0.3) is 0 Å². The van der Waals surface area contributed by atoms with E-state index < -0.39 is 19.3 Å². The Bertz CT molecular complexity index is 804. The van der Waals surface area contributed by atoms with Crippen LogP contribution in [0.4, 0.5) is 0 Å². The molecule has 0 amide bonds. The number of carboxylic acids is 2. The number of hydrogen-bond acceptors (Lipinski definition) is 4. The summed E-state index contributed by atoms with van der Waals surface area (Å²) in [5.41, 5.74) is -0.316. The zero-order valence-electron chi connectivity index (χ0n) is 10.9. The average molecular weight is 320 g/mol. The first-order valence-electron chi connectivity index (χ1n) is 6.07. The van der Waals surface area contributed by atoms with E-state index in [0.29, 0.717) is 0 Å². The molecule has 0 saturated heterocycles. The topological polar surface area (TPSA) is 121 Å². The van der Waals surface area contributed by atoms with Crippen LogP contribution < -0.4 is 15.3 Å². The molecule has 0 fully saturated rings.